The van der Waals surface area contributed by atoms with E-state index in [0.29, 0.717) is 5.92 Å². The number of carbonyl (C=O) groups is 1. The first-order chi connectivity index (χ1) is 8.91. The van der Waals surface area contributed by atoms with Crippen molar-refractivity contribution in [2.45, 2.75) is 38.1 Å². The van der Waals surface area contributed by atoms with Crippen LogP contribution < -0.4 is 0 Å². The molecule has 2 rings (SSSR count). The maximum absolute atomic E-state index is 11.2. The topological polar surface area (TPSA) is 66.3 Å². The van der Waals surface area contributed by atoms with Gasteiger partial charge in [-0.05, 0) is 74.5 Å². The van der Waals surface area contributed by atoms with Gasteiger partial charge in [0, 0.05) is 5.92 Å². The van der Waals surface area contributed by atoms with E-state index in [1.54, 1.807) is 13.8 Å². The summed E-state index contributed by atoms with van der Waals surface area (Å²) >= 11 is 2.14. The van der Waals surface area contributed by atoms with E-state index in [2.05, 4.69) is 32.8 Å². The van der Waals surface area contributed by atoms with Crippen LogP contribution in [0.2, 0.25) is 0 Å². The molecule has 2 heterocycles. The molecule has 0 amide bonds. The number of aliphatic carboxylic acids is 1. The van der Waals surface area contributed by atoms with Gasteiger partial charge in [-0.1, -0.05) is 0 Å². The van der Waals surface area contributed by atoms with Gasteiger partial charge in [0.25, 0.3) is 0 Å². The minimum atomic E-state index is -0.789. The number of halogens is 1. The average molecular weight is 375 g/mol. The van der Waals surface area contributed by atoms with E-state index in [-0.39, 0.29) is 0 Å². The third-order valence-electron chi connectivity index (χ3n) is 3.88. The van der Waals surface area contributed by atoms with Gasteiger partial charge in [0.05, 0.1) is 5.69 Å². The third-order valence-corrected chi connectivity index (χ3v) is 4.46. The molecule has 19 heavy (non-hydrogen) atoms. The lowest BCUT2D eigenvalue weighted by molar-refractivity contribution is -0.150. The van der Waals surface area contributed by atoms with Crippen LogP contribution in [0.25, 0.3) is 0 Å². The van der Waals surface area contributed by atoms with Crippen LogP contribution in [0, 0.1) is 3.70 Å². The molecule has 5 nitrogen and oxygen atoms in total. The Balaban J connectivity index is 1.99. The summed E-state index contributed by atoms with van der Waals surface area (Å²) in [5.41, 5.74) is 0.233. The lowest BCUT2D eigenvalue weighted by atomic mass is 9.90. The summed E-state index contributed by atoms with van der Waals surface area (Å²) in [4.78, 5) is 13.3. The summed E-state index contributed by atoms with van der Waals surface area (Å²) in [7, 11) is 0. The van der Waals surface area contributed by atoms with Crippen molar-refractivity contribution in [1.29, 1.82) is 0 Å². The number of piperidine rings is 1. The Morgan fingerprint density at radius 3 is 2.47 bits per heavy atom. The summed E-state index contributed by atoms with van der Waals surface area (Å²) in [5, 5.41) is 17.6. The largest absolute Gasteiger partial charge is 0.480 e. The van der Waals surface area contributed by atoms with E-state index in [0.717, 1.165) is 35.3 Å². The smallest absolute Gasteiger partial charge is 0.323 e. The van der Waals surface area contributed by atoms with Crippen molar-refractivity contribution in [3.05, 3.63) is 21.5 Å². The van der Waals surface area contributed by atoms with Gasteiger partial charge in [0.2, 0.25) is 0 Å². The highest BCUT2D eigenvalue weighted by molar-refractivity contribution is 14.1. The lowest BCUT2D eigenvalue weighted by Gasteiger charge is -2.40. The van der Waals surface area contributed by atoms with Crippen LogP contribution in [0.5, 0.6) is 0 Å². The Hall–Kier alpha value is -0.760. The van der Waals surface area contributed by atoms with Gasteiger partial charge in [0.15, 0.2) is 0 Å². The van der Waals surface area contributed by atoms with Gasteiger partial charge in [0.1, 0.15) is 9.24 Å². The summed E-state index contributed by atoms with van der Waals surface area (Å²) in [6.45, 7) is 5.11. The van der Waals surface area contributed by atoms with Crippen molar-refractivity contribution in [2.24, 2.45) is 0 Å². The van der Waals surface area contributed by atoms with Crippen LogP contribution in [-0.2, 0) is 4.79 Å². The van der Waals surface area contributed by atoms with Crippen molar-refractivity contribution in [1.82, 2.24) is 15.1 Å². The van der Waals surface area contributed by atoms with Crippen LogP contribution in [0.15, 0.2) is 12.1 Å². The van der Waals surface area contributed by atoms with E-state index in [1.165, 1.54) is 0 Å². The van der Waals surface area contributed by atoms with Crippen molar-refractivity contribution in [2.75, 3.05) is 13.1 Å². The molecular weight excluding hydrogens is 357 g/mol. The Kier molecular flexibility index (Phi) is 4.39. The first-order valence-electron chi connectivity index (χ1n) is 6.39. The Morgan fingerprint density at radius 1 is 1.37 bits per heavy atom. The predicted molar refractivity (Wildman–Crippen MR) is 80.0 cm³/mol. The van der Waals surface area contributed by atoms with Crippen molar-refractivity contribution in [3.8, 4) is 0 Å². The fraction of sp³-hybridized carbons (Fsp3) is 0.615. The molecular formula is C13H18IN3O2. The molecule has 0 aliphatic carbocycles. The minimum absolute atomic E-state index is 0.394. The second kappa shape index (κ2) is 5.70. The fourth-order valence-electron chi connectivity index (χ4n) is 2.41. The number of likely N-dealkylation sites (tertiary alicyclic amines) is 1. The Labute approximate surface area is 126 Å². The molecule has 0 bridgehead atoms. The average Bonchev–Trinajstić information content (AvgIpc) is 2.39. The molecule has 1 aliphatic rings. The number of hydrogen-bond acceptors (Lipinski definition) is 4. The second-order valence-corrected chi connectivity index (χ2v) is 6.51. The van der Waals surface area contributed by atoms with E-state index in [1.807, 2.05) is 17.0 Å². The molecule has 1 aromatic heterocycles. The minimum Gasteiger partial charge on any atom is -0.480 e. The summed E-state index contributed by atoms with van der Waals surface area (Å²) in [5.74, 6) is -0.370. The van der Waals surface area contributed by atoms with Crippen LogP contribution in [0.3, 0.4) is 0 Å². The van der Waals surface area contributed by atoms with Crippen LogP contribution in [-0.4, -0.2) is 44.8 Å². The van der Waals surface area contributed by atoms with Gasteiger partial charge >= 0.3 is 5.97 Å². The molecule has 104 valence electrons. The molecule has 1 fully saturated rings. The van der Waals surface area contributed by atoms with E-state index < -0.39 is 11.5 Å². The highest BCUT2D eigenvalue weighted by atomic mass is 127. The van der Waals surface area contributed by atoms with Gasteiger partial charge in [-0.15, -0.1) is 5.10 Å². The second-order valence-electron chi connectivity index (χ2n) is 5.41. The van der Waals surface area contributed by atoms with Crippen molar-refractivity contribution in [3.63, 3.8) is 0 Å². The lowest BCUT2D eigenvalue weighted by Crippen LogP contribution is -2.52. The summed E-state index contributed by atoms with van der Waals surface area (Å²) in [6, 6.07) is 3.99. The molecule has 6 heteroatoms. The number of aromatic nitrogens is 2. The number of carboxylic acid groups (broad SMARTS) is 1. The zero-order valence-electron chi connectivity index (χ0n) is 11.1. The van der Waals surface area contributed by atoms with Crippen LogP contribution in [0.4, 0.5) is 0 Å². The van der Waals surface area contributed by atoms with Gasteiger partial charge < -0.3 is 5.11 Å². The maximum Gasteiger partial charge on any atom is 0.323 e. The monoisotopic (exact) mass is 375 g/mol. The van der Waals surface area contributed by atoms with Crippen LogP contribution in [0.1, 0.15) is 38.3 Å². The molecule has 1 aromatic rings. The van der Waals surface area contributed by atoms with Gasteiger partial charge in [-0.3, -0.25) is 9.69 Å². The van der Waals surface area contributed by atoms with Crippen molar-refractivity contribution >= 4 is 28.6 Å². The van der Waals surface area contributed by atoms with Gasteiger partial charge in [-0.25, -0.2) is 0 Å². The SMILES string of the molecule is CC(C)(C(=O)O)N1CCC(c2ccc(I)nn2)CC1. The molecule has 0 aromatic carbocycles. The Bertz CT molecular complexity index is 453. The zero-order chi connectivity index (χ0) is 14.0. The number of rotatable bonds is 3. The zero-order valence-corrected chi connectivity index (χ0v) is 13.3. The van der Waals surface area contributed by atoms with E-state index in [4.69, 9.17) is 0 Å². The molecule has 0 saturated carbocycles. The molecule has 0 unspecified atom stereocenters. The fourth-order valence-corrected chi connectivity index (χ4v) is 2.70. The number of hydrogen-bond donors (Lipinski definition) is 1. The first kappa shape index (κ1) is 14.6. The first-order valence-corrected chi connectivity index (χ1v) is 7.46. The third kappa shape index (κ3) is 3.22. The molecule has 1 N–H and O–H groups in total. The van der Waals surface area contributed by atoms with Gasteiger partial charge in [-0.2, -0.15) is 5.10 Å². The van der Waals surface area contributed by atoms with Crippen LogP contribution >= 0.6 is 22.6 Å². The number of carboxylic acids is 1. The molecule has 0 radical (unpaired) electrons. The number of nitrogens with zero attached hydrogens (tertiary/aromatic N) is 3. The molecule has 0 atom stereocenters. The van der Waals surface area contributed by atoms with Crippen molar-refractivity contribution < 1.29 is 9.90 Å². The van der Waals surface area contributed by atoms with E-state index in [9.17, 15) is 9.90 Å². The maximum atomic E-state index is 11.2. The normalized spacial score (nSPS) is 18.5. The summed E-state index contributed by atoms with van der Waals surface area (Å²) in [6.07, 6.45) is 1.87. The molecule has 1 saturated heterocycles. The van der Waals surface area contributed by atoms with E-state index >= 15 is 0 Å². The molecule has 0 spiro atoms. The predicted octanol–water partition coefficient (Wildman–Crippen LogP) is 2.12. The highest BCUT2D eigenvalue weighted by Gasteiger charge is 2.37. The Morgan fingerprint density at radius 2 is 2.00 bits per heavy atom. The quantitative estimate of drug-likeness (QED) is 0.820. The highest BCUT2D eigenvalue weighted by Crippen LogP contribution is 2.30. The summed E-state index contributed by atoms with van der Waals surface area (Å²) < 4.78 is 0.894. The standard InChI is InChI=1S/C13H18IN3O2/c1-13(2,12(18)19)17-7-5-9(6-8-17)10-3-4-11(14)16-15-10/h3-4,9H,5-8H2,1-2H3,(H,18,19). The molecule has 1 aliphatic heterocycles.